The summed E-state index contributed by atoms with van der Waals surface area (Å²) in [5, 5.41) is 3.29. The van der Waals surface area contributed by atoms with Gasteiger partial charge in [-0.2, -0.15) is 4.31 Å². The van der Waals surface area contributed by atoms with E-state index in [4.69, 9.17) is 0 Å². The summed E-state index contributed by atoms with van der Waals surface area (Å²) in [6, 6.07) is 5.58. The Morgan fingerprint density at radius 2 is 1.95 bits per heavy atom. The van der Waals surface area contributed by atoms with E-state index in [1.807, 2.05) is 26.0 Å². The Labute approximate surface area is 148 Å². The number of piperidine rings is 1. The predicted molar refractivity (Wildman–Crippen MR) is 96.2 cm³/mol. The lowest BCUT2D eigenvalue weighted by atomic mass is 10.1. The van der Waals surface area contributed by atoms with Crippen molar-refractivity contribution < 1.29 is 8.42 Å². The van der Waals surface area contributed by atoms with Gasteiger partial charge in [0, 0.05) is 17.1 Å². The molecule has 0 radical (unpaired) electrons. The molecule has 0 unspecified atom stereocenters. The van der Waals surface area contributed by atoms with Crippen LogP contribution in [0.25, 0.3) is 0 Å². The molecule has 0 amide bonds. The quantitative estimate of drug-likeness (QED) is 0.808. The van der Waals surface area contributed by atoms with Crippen molar-refractivity contribution in [1.82, 2.24) is 9.62 Å². The fourth-order valence-electron chi connectivity index (χ4n) is 2.75. The highest BCUT2D eigenvalue weighted by molar-refractivity contribution is 9.10. The lowest BCUT2D eigenvalue weighted by Gasteiger charge is -2.33. The second-order valence-corrected chi connectivity index (χ2v) is 8.24. The van der Waals surface area contributed by atoms with Crippen LogP contribution < -0.4 is 5.32 Å². The van der Waals surface area contributed by atoms with E-state index in [-0.39, 0.29) is 18.4 Å². The minimum atomic E-state index is -3.46. The van der Waals surface area contributed by atoms with Gasteiger partial charge in [-0.25, -0.2) is 8.42 Å². The molecule has 0 aromatic heterocycles. The van der Waals surface area contributed by atoms with Crippen molar-refractivity contribution in [3.63, 3.8) is 0 Å². The predicted octanol–water partition coefficient (Wildman–Crippen LogP) is 3.33. The molecule has 1 aromatic carbocycles. The number of rotatable bonds is 5. The van der Waals surface area contributed by atoms with Gasteiger partial charge in [0.05, 0.1) is 4.90 Å². The first-order chi connectivity index (χ1) is 9.96. The Hall–Kier alpha value is -0.140. The van der Waals surface area contributed by atoms with Crippen molar-refractivity contribution in [2.75, 3.05) is 19.6 Å². The van der Waals surface area contributed by atoms with E-state index in [2.05, 4.69) is 21.2 Å². The molecule has 0 atom stereocenters. The van der Waals surface area contributed by atoms with Gasteiger partial charge in [0.2, 0.25) is 10.0 Å². The lowest BCUT2D eigenvalue weighted by molar-refractivity contribution is 0.262. The zero-order valence-corrected chi connectivity index (χ0v) is 16.2. The van der Waals surface area contributed by atoms with Crippen LogP contribution in [0.1, 0.15) is 31.7 Å². The van der Waals surface area contributed by atoms with Crippen molar-refractivity contribution in [2.24, 2.45) is 0 Å². The van der Waals surface area contributed by atoms with Crippen LogP contribution in [0.2, 0.25) is 0 Å². The molecular formula is C15H24BrClN2O2S. The number of sulfonamides is 1. The highest BCUT2D eigenvalue weighted by Crippen LogP contribution is 2.29. The largest absolute Gasteiger partial charge is 0.317 e. The van der Waals surface area contributed by atoms with E-state index < -0.39 is 10.0 Å². The normalized spacial score (nSPS) is 16.5. The van der Waals surface area contributed by atoms with Gasteiger partial charge in [-0.1, -0.05) is 13.0 Å². The molecule has 0 saturated carbocycles. The molecular weight excluding hydrogens is 388 g/mol. The average Bonchev–Trinajstić information content (AvgIpc) is 2.48. The van der Waals surface area contributed by atoms with Gasteiger partial charge in [0.25, 0.3) is 0 Å². The number of hydrogen-bond donors (Lipinski definition) is 1. The van der Waals surface area contributed by atoms with Crippen LogP contribution in [0.5, 0.6) is 0 Å². The summed E-state index contributed by atoms with van der Waals surface area (Å²) >= 11 is 3.39. The summed E-state index contributed by atoms with van der Waals surface area (Å²) in [5.41, 5.74) is 0.957. The molecule has 0 bridgehead atoms. The van der Waals surface area contributed by atoms with Crippen LogP contribution in [0.4, 0.5) is 0 Å². The minimum absolute atomic E-state index is 0. The first-order valence-corrected chi connectivity index (χ1v) is 9.69. The summed E-state index contributed by atoms with van der Waals surface area (Å²) in [7, 11) is -3.46. The summed E-state index contributed by atoms with van der Waals surface area (Å²) in [4.78, 5) is 0.384. The van der Waals surface area contributed by atoms with Crippen LogP contribution >= 0.6 is 28.3 Å². The Bertz CT molecular complexity index is 589. The van der Waals surface area contributed by atoms with E-state index in [1.54, 1.807) is 10.4 Å². The van der Waals surface area contributed by atoms with Crippen LogP contribution in [-0.2, 0) is 10.0 Å². The molecule has 1 fully saturated rings. The molecule has 2 rings (SSSR count). The molecule has 1 aromatic rings. The van der Waals surface area contributed by atoms with E-state index in [1.165, 1.54) is 0 Å². The van der Waals surface area contributed by atoms with Crippen molar-refractivity contribution >= 4 is 38.4 Å². The Morgan fingerprint density at radius 1 is 1.32 bits per heavy atom. The highest BCUT2D eigenvalue weighted by Gasteiger charge is 2.32. The number of halogens is 2. The Kier molecular flexibility index (Phi) is 7.82. The number of nitrogens with one attached hydrogen (secondary N) is 1. The number of nitrogens with zero attached hydrogens (tertiary/aromatic N) is 1. The number of benzene rings is 1. The van der Waals surface area contributed by atoms with Gasteiger partial charge in [-0.05, 0) is 72.9 Å². The topological polar surface area (TPSA) is 49.4 Å². The molecule has 0 spiro atoms. The number of hydrogen-bond acceptors (Lipinski definition) is 3. The first kappa shape index (κ1) is 19.9. The maximum Gasteiger partial charge on any atom is 0.244 e. The fourth-order valence-corrected chi connectivity index (χ4v) is 5.54. The second-order valence-electron chi connectivity index (χ2n) is 5.53. The van der Waals surface area contributed by atoms with Crippen molar-refractivity contribution in [3.8, 4) is 0 Å². The third-order valence-electron chi connectivity index (χ3n) is 3.83. The van der Waals surface area contributed by atoms with E-state index in [0.29, 0.717) is 15.9 Å². The maximum absolute atomic E-state index is 13.1. The van der Waals surface area contributed by atoms with Crippen LogP contribution in [0.3, 0.4) is 0 Å². The van der Waals surface area contributed by atoms with Gasteiger partial charge in [-0.3, -0.25) is 0 Å². The smallest absolute Gasteiger partial charge is 0.244 e. The fraction of sp³-hybridized carbons (Fsp3) is 0.600. The molecule has 1 aliphatic heterocycles. The third-order valence-corrected chi connectivity index (χ3v) is 6.78. The molecule has 126 valence electrons. The molecule has 22 heavy (non-hydrogen) atoms. The Balaban J connectivity index is 0.00000242. The van der Waals surface area contributed by atoms with Gasteiger partial charge >= 0.3 is 0 Å². The monoisotopic (exact) mass is 410 g/mol. The van der Waals surface area contributed by atoms with Crippen LogP contribution in [-0.4, -0.2) is 38.4 Å². The third kappa shape index (κ3) is 4.45. The van der Waals surface area contributed by atoms with Crippen LogP contribution in [0.15, 0.2) is 27.6 Å². The molecule has 7 heteroatoms. The van der Waals surface area contributed by atoms with Crippen molar-refractivity contribution in [2.45, 2.75) is 44.0 Å². The van der Waals surface area contributed by atoms with Crippen LogP contribution in [0, 0.1) is 6.92 Å². The van der Waals surface area contributed by atoms with Gasteiger partial charge in [0.15, 0.2) is 0 Å². The molecule has 0 aliphatic carbocycles. The van der Waals surface area contributed by atoms with Crippen molar-refractivity contribution in [3.05, 3.63) is 28.2 Å². The zero-order valence-electron chi connectivity index (χ0n) is 13.0. The highest BCUT2D eigenvalue weighted by atomic mass is 79.9. The maximum atomic E-state index is 13.1. The van der Waals surface area contributed by atoms with E-state index in [0.717, 1.165) is 37.9 Å². The van der Waals surface area contributed by atoms with Crippen molar-refractivity contribution in [1.29, 1.82) is 0 Å². The average molecular weight is 412 g/mol. The lowest BCUT2D eigenvalue weighted by Crippen LogP contribution is -2.46. The van der Waals surface area contributed by atoms with Gasteiger partial charge in [-0.15, -0.1) is 12.4 Å². The van der Waals surface area contributed by atoms with E-state index >= 15 is 0 Å². The molecule has 1 aliphatic rings. The molecule has 4 nitrogen and oxygen atoms in total. The first-order valence-electron chi connectivity index (χ1n) is 7.45. The molecule has 1 heterocycles. The minimum Gasteiger partial charge on any atom is -0.317 e. The van der Waals surface area contributed by atoms with E-state index in [9.17, 15) is 8.42 Å². The number of aryl methyl sites for hydroxylation is 1. The standard InChI is InChI=1S/C15H23BrN2O2S.ClH/c1-3-10-18(13-6-8-17-9-7-13)21(19,20)15-11-12(2)4-5-14(15)16;/h4-5,11,13,17H,3,6-10H2,1-2H3;1H. The SMILES string of the molecule is CCCN(C1CCNCC1)S(=O)(=O)c1cc(C)ccc1Br.Cl. The van der Waals surface area contributed by atoms with Gasteiger partial charge < -0.3 is 5.32 Å². The summed E-state index contributed by atoms with van der Waals surface area (Å²) in [6.07, 6.45) is 2.58. The zero-order chi connectivity index (χ0) is 15.5. The molecule has 1 saturated heterocycles. The Morgan fingerprint density at radius 3 is 2.55 bits per heavy atom. The summed E-state index contributed by atoms with van der Waals surface area (Å²) in [5.74, 6) is 0. The summed E-state index contributed by atoms with van der Waals surface area (Å²) < 4.78 is 28.5. The summed E-state index contributed by atoms with van der Waals surface area (Å²) in [6.45, 7) is 6.28. The molecule has 1 N–H and O–H groups in total. The van der Waals surface area contributed by atoms with Gasteiger partial charge in [0.1, 0.15) is 0 Å². The second kappa shape index (κ2) is 8.64.